The Bertz CT molecular complexity index is 447. The average Bonchev–Trinajstić information content (AvgIpc) is 2.91. The third-order valence-electron chi connectivity index (χ3n) is 4.17. The smallest absolute Gasteiger partial charge is 0.244 e. The van der Waals surface area contributed by atoms with Crippen molar-refractivity contribution in [3.8, 4) is 0 Å². The van der Waals surface area contributed by atoms with Crippen LogP contribution in [0.25, 0.3) is 0 Å². The third kappa shape index (κ3) is 1.81. The molecular formula is C14H17FN2O. The van der Waals surface area contributed by atoms with Gasteiger partial charge >= 0.3 is 0 Å². The van der Waals surface area contributed by atoms with Gasteiger partial charge in [0.15, 0.2) is 0 Å². The van der Waals surface area contributed by atoms with Crippen molar-refractivity contribution >= 4 is 11.6 Å². The van der Waals surface area contributed by atoms with Crippen LogP contribution in [0.3, 0.4) is 0 Å². The average molecular weight is 248 g/mol. The highest BCUT2D eigenvalue weighted by Crippen LogP contribution is 2.39. The number of carbonyl (C=O) groups is 1. The summed E-state index contributed by atoms with van der Waals surface area (Å²) in [6.07, 6.45) is 4.08. The van der Waals surface area contributed by atoms with Crippen LogP contribution in [0.15, 0.2) is 24.3 Å². The van der Waals surface area contributed by atoms with E-state index in [2.05, 4.69) is 10.2 Å². The summed E-state index contributed by atoms with van der Waals surface area (Å²) in [5.74, 6) is -0.210. The van der Waals surface area contributed by atoms with Gasteiger partial charge in [0.1, 0.15) is 11.4 Å². The number of amides is 1. The summed E-state index contributed by atoms with van der Waals surface area (Å²) >= 11 is 0. The molecule has 0 saturated carbocycles. The lowest BCUT2D eigenvalue weighted by atomic mass is 9.93. The summed E-state index contributed by atoms with van der Waals surface area (Å²) in [6, 6.07) is 5.96. The van der Waals surface area contributed by atoms with Crippen LogP contribution in [-0.4, -0.2) is 29.4 Å². The molecule has 96 valence electrons. The molecule has 1 amide bonds. The molecule has 0 unspecified atom stereocenters. The Hall–Kier alpha value is -1.42. The van der Waals surface area contributed by atoms with Crippen LogP contribution >= 0.6 is 0 Å². The lowest BCUT2D eigenvalue weighted by molar-refractivity contribution is -0.125. The fourth-order valence-electron chi connectivity index (χ4n) is 3.26. The molecular weight excluding hydrogens is 231 g/mol. The number of rotatable bonds is 2. The van der Waals surface area contributed by atoms with Crippen molar-refractivity contribution in [3.05, 3.63) is 30.1 Å². The molecule has 4 heteroatoms. The first-order valence-corrected chi connectivity index (χ1v) is 6.53. The maximum atomic E-state index is 12.8. The lowest BCUT2D eigenvalue weighted by Crippen LogP contribution is -2.48. The molecule has 2 fully saturated rings. The van der Waals surface area contributed by atoms with Gasteiger partial charge in [0.05, 0.1) is 0 Å². The molecule has 1 aromatic rings. The number of anilines is 1. The minimum atomic E-state index is -0.297. The van der Waals surface area contributed by atoms with Crippen molar-refractivity contribution in [1.82, 2.24) is 4.90 Å². The summed E-state index contributed by atoms with van der Waals surface area (Å²) in [4.78, 5) is 14.8. The normalized spacial score (nSPS) is 21.8. The van der Waals surface area contributed by atoms with E-state index in [-0.39, 0.29) is 17.3 Å². The van der Waals surface area contributed by atoms with Crippen molar-refractivity contribution in [1.29, 1.82) is 0 Å². The van der Waals surface area contributed by atoms with E-state index in [1.54, 1.807) is 12.1 Å². The second-order valence-corrected chi connectivity index (χ2v) is 5.19. The first kappa shape index (κ1) is 11.7. The van der Waals surface area contributed by atoms with E-state index in [0.29, 0.717) is 5.69 Å². The maximum absolute atomic E-state index is 12.8. The van der Waals surface area contributed by atoms with Crippen molar-refractivity contribution in [3.63, 3.8) is 0 Å². The molecule has 0 atom stereocenters. The minimum absolute atomic E-state index is 0.0732. The Kier molecular flexibility index (Phi) is 2.82. The molecule has 2 heterocycles. The molecule has 0 bridgehead atoms. The highest BCUT2D eigenvalue weighted by atomic mass is 19.1. The van der Waals surface area contributed by atoms with Crippen LogP contribution in [0, 0.1) is 5.82 Å². The number of nitrogens with one attached hydrogen (secondary N) is 1. The zero-order chi connectivity index (χ0) is 12.6. The van der Waals surface area contributed by atoms with Crippen LogP contribution in [0.4, 0.5) is 10.1 Å². The first-order valence-electron chi connectivity index (χ1n) is 6.53. The molecule has 0 radical (unpaired) electrons. The van der Waals surface area contributed by atoms with E-state index in [4.69, 9.17) is 0 Å². The predicted molar refractivity (Wildman–Crippen MR) is 67.8 cm³/mol. The largest absolute Gasteiger partial charge is 0.324 e. The molecule has 0 aromatic heterocycles. The van der Waals surface area contributed by atoms with Crippen LogP contribution < -0.4 is 5.32 Å². The summed E-state index contributed by atoms with van der Waals surface area (Å²) in [7, 11) is 0. The monoisotopic (exact) mass is 248 g/mol. The topological polar surface area (TPSA) is 32.3 Å². The molecule has 1 aromatic carbocycles. The van der Waals surface area contributed by atoms with Crippen LogP contribution in [0.1, 0.15) is 25.7 Å². The Balaban J connectivity index is 1.77. The van der Waals surface area contributed by atoms with Gasteiger partial charge < -0.3 is 5.32 Å². The van der Waals surface area contributed by atoms with Gasteiger partial charge in [-0.15, -0.1) is 0 Å². The molecule has 0 spiro atoms. The number of benzene rings is 1. The highest BCUT2D eigenvalue weighted by molar-refractivity contribution is 5.98. The van der Waals surface area contributed by atoms with Gasteiger partial charge in [-0.25, -0.2) is 4.39 Å². The molecule has 2 aliphatic heterocycles. The number of hydrogen-bond donors (Lipinski definition) is 1. The third-order valence-corrected chi connectivity index (χ3v) is 4.17. The Morgan fingerprint density at radius 2 is 1.78 bits per heavy atom. The Labute approximate surface area is 106 Å². The number of nitrogens with zero attached hydrogens (tertiary/aromatic N) is 1. The van der Waals surface area contributed by atoms with E-state index >= 15 is 0 Å². The van der Waals surface area contributed by atoms with Gasteiger partial charge in [0.25, 0.3) is 0 Å². The standard InChI is InChI=1S/C14H17FN2O/c15-11-3-5-12(6-4-11)16-13(18)14-7-1-9-17(14)10-2-8-14/h3-6H,1-2,7-10H2,(H,16,18). The molecule has 0 aliphatic carbocycles. The number of fused-ring (bicyclic) bond motifs is 1. The van der Waals surface area contributed by atoms with Crippen molar-refractivity contribution in [2.75, 3.05) is 18.4 Å². The van der Waals surface area contributed by atoms with Crippen molar-refractivity contribution < 1.29 is 9.18 Å². The molecule has 2 saturated heterocycles. The number of carbonyl (C=O) groups excluding carboxylic acids is 1. The maximum Gasteiger partial charge on any atom is 0.244 e. The van der Waals surface area contributed by atoms with Crippen LogP contribution in [-0.2, 0) is 4.79 Å². The number of hydrogen-bond acceptors (Lipinski definition) is 2. The van der Waals surface area contributed by atoms with Gasteiger partial charge in [-0.3, -0.25) is 9.69 Å². The predicted octanol–water partition coefficient (Wildman–Crippen LogP) is 2.39. The van der Waals surface area contributed by atoms with E-state index in [0.717, 1.165) is 38.8 Å². The molecule has 3 rings (SSSR count). The minimum Gasteiger partial charge on any atom is -0.324 e. The first-order chi connectivity index (χ1) is 8.71. The highest BCUT2D eigenvalue weighted by Gasteiger charge is 2.49. The van der Waals surface area contributed by atoms with Gasteiger partial charge in [0.2, 0.25) is 5.91 Å². The van der Waals surface area contributed by atoms with Gasteiger partial charge in [0, 0.05) is 5.69 Å². The van der Waals surface area contributed by atoms with E-state index < -0.39 is 0 Å². The molecule has 18 heavy (non-hydrogen) atoms. The van der Waals surface area contributed by atoms with E-state index in [1.807, 2.05) is 0 Å². The molecule has 3 nitrogen and oxygen atoms in total. The van der Waals surface area contributed by atoms with Gasteiger partial charge in [-0.1, -0.05) is 0 Å². The van der Waals surface area contributed by atoms with Crippen molar-refractivity contribution in [2.24, 2.45) is 0 Å². The van der Waals surface area contributed by atoms with Crippen molar-refractivity contribution in [2.45, 2.75) is 31.2 Å². The Morgan fingerprint density at radius 3 is 2.39 bits per heavy atom. The van der Waals surface area contributed by atoms with E-state index in [1.165, 1.54) is 12.1 Å². The fraction of sp³-hybridized carbons (Fsp3) is 0.500. The van der Waals surface area contributed by atoms with Crippen LogP contribution in [0.2, 0.25) is 0 Å². The number of halogens is 1. The fourth-order valence-corrected chi connectivity index (χ4v) is 3.26. The van der Waals surface area contributed by atoms with Gasteiger partial charge in [-0.05, 0) is 63.0 Å². The summed E-state index contributed by atoms with van der Waals surface area (Å²) < 4.78 is 12.8. The summed E-state index contributed by atoms with van der Waals surface area (Å²) in [5.41, 5.74) is 0.378. The quantitative estimate of drug-likeness (QED) is 0.871. The lowest BCUT2D eigenvalue weighted by Gasteiger charge is -2.30. The summed E-state index contributed by atoms with van der Waals surface area (Å²) in [5, 5.41) is 2.93. The second kappa shape index (κ2) is 4.35. The van der Waals surface area contributed by atoms with Crippen LogP contribution in [0.5, 0.6) is 0 Å². The SMILES string of the molecule is O=C(Nc1ccc(F)cc1)C12CCCN1CCC2. The van der Waals surface area contributed by atoms with Gasteiger partial charge in [-0.2, -0.15) is 0 Å². The molecule has 1 N–H and O–H groups in total. The van der Waals surface area contributed by atoms with E-state index in [9.17, 15) is 9.18 Å². The second-order valence-electron chi connectivity index (χ2n) is 5.19. The zero-order valence-electron chi connectivity index (χ0n) is 10.3. The summed E-state index contributed by atoms with van der Waals surface area (Å²) in [6.45, 7) is 2.05. The molecule has 2 aliphatic rings. The zero-order valence-corrected chi connectivity index (χ0v) is 10.3. The Morgan fingerprint density at radius 1 is 1.17 bits per heavy atom.